The first-order valence-corrected chi connectivity index (χ1v) is 11.9. The zero-order chi connectivity index (χ0) is 19.3. The Hall–Kier alpha value is -1.46. The van der Waals surface area contributed by atoms with Gasteiger partial charge in [0.25, 0.3) is 8.32 Å². The molecule has 2 unspecified atom stereocenters. The lowest BCUT2D eigenvalue weighted by molar-refractivity contribution is 0.0105. The highest BCUT2D eigenvalue weighted by Crippen LogP contribution is 2.36. The quantitative estimate of drug-likeness (QED) is 0.776. The summed E-state index contributed by atoms with van der Waals surface area (Å²) in [5, 5.41) is 6.29. The Morgan fingerprint density at radius 3 is 2.00 bits per heavy atom. The van der Waals surface area contributed by atoms with Crippen LogP contribution in [0.15, 0.2) is 60.7 Å². The van der Waals surface area contributed by atoms with Gasteiger partial charge in [-0.1, -0.05) is 81.4 Å². The number of benzene rings is 2. The van der Waals surface area contributed by atoms with Crippen LogP contribution in [0.5, 0.6) is 0 Å². The molecule has 0 saturated carbocycles. The minimum atomic E-state index is -2.42. The Balaban J connectivity index is 1.87. The Kier molecular flexibility index (Phi) is 6.53. The van der Waals surface area contributed by atoms with E-state index in [-0.39, 0.29) is 5.04 Å². The lowest BCUT2D eigenvalue weighted by Crippen LogP contribution is -2.66. The molecule has 4 heteroatoms. The molecule has 2 atom stereocenters. The van der Waals surface area contributed by atoms with E-state index < -0.39 is 8.32 Å². The van der Waals surface area contributed by atoms with Crippen LogP contribution in [0.3, 0.4) is 0 Å². The molecular formula is C23H33NO2Si. The van der Waals surface area contributed by atoms with E-state index in [4.69, 9.17) is 9.16 Å². The zero-order valence-electron chi connectivity index (χ0n) is 17.1. The maximum atomic E-state index is 6.94. The summed E-state index contributed by atoms with van der Waals surface area (Å²) >= 11 is 0. The van der Waals surface area contributed by atoms with Crippen molar-refractivity contribution < 1.29 is 9.16 Å². The third kappa shape index (κ3) is 4.52. The van der Waals surface area contributed by atoms with E-state index in [9.17, 15) is 0 Å². The number of hydrogen-bond donors (Lipinski definition) is 1. The van der Waals surface area contributed by atoms with Crippen molar-refractivity contribution in [3.63, 3.8) is 0 Å². The van der Waals surface area contributed by atoms with Gasteiger partial charge in [-0.25, -0.2) is 0 Å². The Morgan fingerprint density at radius 2 is 1.56 bits per heavy atom. The van der Waals surface area contributed by atoms with Crippen molar-refractivity contribution in [2.45, 2.75) is 51.3 Å². The molecule has 1 fully saturated rings. The number of ether oxygens (including phenoxy) is 1. The van der Waals surface area contributed by atoms with Gasteiger partial charge in [0.2, 0.25) is 0 Å². The average Bonchev–Trinajstić information content (AvgIpc) is 2.67. The molecule has 2 aromatic rings. The van der Waals surface area contributed by atoms with Crippen molar-refractivity contribution in [1.29, 1.82) is 0 Å². The van der Waals surface area contributed by atoms with E-state index in [0.29, 0.717) is 12.1 Å². The van der Waals surface area contributed by atoms with Crippen molar-refractivity contribution in [2.24, 2.45) is 0 Å². The van der Waals surface area contributed by atoms with E-state index in [0.717, 1.165) is 26.2 Å². The van der Waals surface area contributed by atoms with Gasteiger partial charge < -0.3 is 14.5 Å². The van der Waals surface area contributed by atoms with Gasteiger partial charge in [0.15, 0.2) is 0 Å². The van der Waals surface area contributed by atoms with E-state index in [1.165, 1.54) is 10.4 Å². The van der Waals surface area contributed by atoms with Crippen molar-refractivity contribution in [3.05, 3.63) is 60.7 Å². The Bertz CT molecular complexity index is 652. The molecule has 2 aromatic carbocycles. The molecule has 0 spiro atoms. The Labute approximate surface area is 165 Å². The van der Waals surface area contributed by atoms with Gasteiger partial charge in [-0.3, -0.25) is 0 Å². The van der Waals surface area contributed by atoms with Gasteiger partial charge in [0.1, 0.15) is 0 Å². The fourth-order valence-corrected chi connectivity index (χ4v) is 8.61. The molecule has 0 bridgehead atoms. The summed E-state index contributed by atoms with van der Waals surface area (Å²) < 4.78 is 12.7. The van der Waals surface area contributed by atoms with Crippen LogP contribution in [0, 0.1) is 0 Å². The minimum Gasteiger partial charge on any atom is -0.407 e. The first-order valence-electron chi connectivity index (χ1n) is 10.0. The van der Waals surface area contributed by atoms with Gasteiger partial charge in [0.05, 0.1) is 12.7 Å². The van der Waals surface area contributed by atoms with Crippen molar-refractivity contribution in [2.75, 3.05) is 19.8 Å². The average molecular weight is 384 g/mol. The van der Waals surface area contributed by atoms with Gasteiger partial charge in [0, 0.05) is 19.2 Å². The summed E-state index contributed by atoms with van der Waals surface area (Å²) in [6.45, 7) is 11.5. The molecule has 0 amide bonds. The van der Waals surface area contributed by atoms with Crippen molar-refractivity contribution in [1.82, 2.24) is 5.32 Å². The minimum absolute atomic E-state index is 0.0285. The molecule has 3 nitrogen and oxygen atoms in total. The van der Waals surface area contributed by atoms with Crippen LogP contribution in [-0.2, 0) is 9.16 Å². The van der Waals surface area contributed by atoms with Gasteiger partial charge >= 0.3 is 0 Å². The molecule has 3 rings (SSSR count). The number of morpholine rings is 1. The molecular weight excluding hydrogens is 350 g/mol. The molecule has 1 saturated heterocycles. The van der Waals surface area contributed by atoms with E-state index in [2.05, 4.69) is 93.7 Å². The standard InChI is InChI=1S/C23H33NO2Si/c1-19-17-24-20(18-25-19)15-16-26-27(23(2,3)4,21-11-7-5-8-12-21)22-13-9-6-10-14-22/h5-14,19-20,24H,15-18H2,1-4H3. The Morgan fingerprint density at radius 1 is 1.00 bits per heavy atom. The smallest absolute Gasteiger partial charge is 0.261 e. The van der Waals surface area contributed by atoms with Crippen LogP contribution in [0.1, 0.15) is 34.1 Å². The highest BCUT2D eigenvalue weighted by atomic mass is 28.4. The molecule has 0 radical (unpaired) electrons. The number of nitrogens with one attached hydrogen (secondary N) is 1. The van der Waals surface area contributed by atoms with Gasteiger partial charge in [-0.05, 0) is 28.8 Å². The van der Waals surface area contributed by atoms with Crippen LogP contribution in [0.25, 0.3) is 0 Å². The maximum absolute atomic E-state index is 6.94. The fraction of sp³-hybridized carbons (Fsp3) is 0.478. The van der Waals surface area contributed by atoms with Crippen molar-refractivity contribution in [3.8, 4) is 0 Å². The van der Waals surface area contributed by atoms with Crippen LogP contribution >= 0.6 is 0 Å². The largest absolute Gasteiger partial charge is 0.407 e. The van der Waals surface area contributed by atoms with Gasteiger partial charge in [-0.2, -0.15) is 0 Å². The number of rotatable bonds is 6. The van der Waals surface area contributed by atoms with E-state index in [1.54, 1.807) is 0 Å². The fourth-order valence-electron chi connectivity index (χ4n) is 4.03. The molecule has 0 aliphatic carbocycles. The monoisotopic (exact) mass is 383 g/mol. The third-order valence-electron chi connectivity index (χ3n) is 5.48. The molecule has 146 valence electrons. The topological polar surface area (TPSA) is 30.5 Å². The lowest BCUT2D eigenvalue weighted by atomic mass is 10.2. The first kappa shape index (κ1) is 20.3. The van der Waals surface area contributed by atoms with Gasteiger partial charge in [-0.15, -0.1) is 0 Å². The van der Waals surface area contributed by atoms with Crippen LogP contribution < -0.4 is 15.7 Å². The highest BCUT2D eigenvalue weighted by Gasteiger charge is 2.50. The molecule has 0 aromatic heterocycles. The summed E-state index contributed by atoms with van der Waals surface area (Å²) in [6, 6.07) is 22.0. The molecule has 1 aliphatic rings. The van der Waals surface area contributed by atoms with Crippen LogP contribution in [0.4, 0.5) is 0 Å². The zero-order valence-corrected chi connectivity index (χ0v) is 18.1. The van der Waals surface area contributed by atoms with E-state index in [1.807, 2.05) is 0 Å². The van der Waals surface area contributed by atoms with Crippen molar-refractivity contribution >= 4 is 18.7 Å². The predicted molar refractivity (Wildman–Crippen MR) is 115 cm³/mol. The summed E-state index contributed by atoms with van der Waals surface area (Å²) in [7, 11) is -2.42. The summed E-state index contributed by atoms with van der Waals surface area (Å²) in [5.74, 6) is 0. The normalized spacial score (nSPS) is 21.2. The third-order valence-corrected chi connectivity index (χ3v) is 10.5. The first-order chi connectivity index (χ1) is 12.9. The summed E-state index contributed by atoms with van der Waals surface area (Å²) in [5.41, 5.74) is 0. The second-order valence-electron chi connectivity index (χ2n) is 8.55. The summed E-state index contributed by atoms with van der Waals surface area (Å²) in [6.07, 6.45) is 1.27. The van der Waals surface area contributed by atoms with Crippen LogP contribution in [-0.4, -0.2) is 40.2 Å². The molecule has 1 aliphatic heterocycles. The second kappa shape index (κ2) is 8.70. The molecule has 1 N–H and O–H groups in total. The summed E-state index contributed by atoms with van der Waals surface area (Å²) in [4.78, 5) is 0. The second-order valence-corrected chi connectivity index (χ2v) is 12.9. The molecule has 1 heterocycles. The molecule has 27 heavy (non-hydrogen) atoms. The number of hydrogen-bond acceptors (Lipinski definition) is 3. The highest BCUT2D eigenvalue weighted by molar-refractivity contribution is 6.99. The SMILES string of the molecule is CC1CNC(CCO[Si](c2ccccc2)(c2ccccc2)C(C)(C)C)CO1. The maximum Gasteiger partial charge on any atom is 0.261 e. The van der Waals surface area contributed by atoms with E-state index >= 15 is 0 Å². The predicted octanol–water partition coefficient (Wildman–Crippen LogP) is 3.33. The lowest BCUT2D eigenvalue weighted by Gasteiger charge is -2.43. The van der Waals surface area contributed by atoms with Crippen LogP contribution in [0.2, 0.25) is 5.04 Å².